The second-order valence-electron chi connectivity index (χ2n) is 5.35. The Labute approximate surface area is 115 Å². The molecule has 0 aliphatic heterocycles. The first-order valence-corrected chi connectivity index (χ1v) is 6.96. The van der Waals surface area contributed by atoms with Gasteiger partial charge in [-0.2, -0.15) is 0 Å². The molecule has 0 radical (unpaired) electrons. The van der Waals surface area contributed by atoms with E-state index in [2.05, 4.69) is 54.4 Å². The Morgan fingerprint density at radius 2 is 2.00 bits per heavy atom. The normalized spacial score (nSPS) is 22.4. The number of rotatable bonds is 2. The van der Waals surface area contributed by atoms with Gasteiger partial charge in [0.2, 0.25) is 0 Å². The van der Waals surface area contributed by atoms with Gasteiger partial charge in [0, 0.05) is 18.3 Å². The number of benzene rings is 1. The molecule has 2 aromatic rings. The van der Waals surface area contributed by atoms with Crippen molar-refractivity contribution < 1.29 is 0 Å². The minimum Gasteiger partial charge on any atom is -0.264 e. The Bertz CT molecular complexity index is 571. The number of hydrogen-bond donors (Lipinski definition) is 0. The van der Waals surface area contributed by atoms with Crippen LogP contribution in [0.1, 0.15) is 41.4 Å². The van der Waals surface area contributed by atoms with Crippen molar-refractivity contribution >= 4 is 0 Å². The van der Waals surface area contributed by atoms with E-state index in [4.69, 9.17) is 0 Å². The fraction of sp³-hybridized carbons (Fsp3) is 0.278. The van der Waals surface area contributed by atoms with E-state index < -0.39 is 0 Å². The highest BCUT2D eigenvalue weighted by Gasteiger charge is 2.21. The molecule has 0 saturated heterocycles. The Morgan fingerprint density at radius 1 is 1.11 bits per heavy atom. The van der Waals surface area contributed by atoms with E-state index in [1.54, 1.807) is 0 Å². The van der Waals surface area contributed by atoms with Crippen LogP contribution in [-0.4, -0.2) is 4.98 Å². The molecule has 1 aliphatic rings. The maximum Gasteiger partial charge on any atom is 0.0305 e. The van der Waals surface area contributed by atoms with Gasteiger partial charge >= 0.3 is 0 Å². The molecule has 2 atom stereocenters. The highest BCUT2D eigenvalue weighted by Crippen LogP contribution is 2.37. The van der Waals surface area contributed by atoms with E-state index in [1.165, 1.54) is 23.1 Å². The van der Waals surface area contributed by atoms with E-state index in [9.17, 15) is 0 Å². The summed E-state index contributed by atoms with van der Waals surface area (Å²) in [5, 5.41) is 0. The molecule has 1 aromatic heterocycles. The molecule has 19 heavy (non-hydrogen) atoms. The summed E-state index contributed by atoms with van der Waals surface area (Å²) in [6.07, 6.45) is 10.9. The van der Waals surface area contributed by atoms with Crippen LogP contribution in [0.5, 0.6) is 0 Å². The number of allylic oxidation sites excluding steroid dienone is 2. The molecule has 0 N–H and O–H groups in total. The van der Waals surface area contributed by atoms with Crippen LogP contribution >= 0.6 is 0 Å². The summed E-state index contributed by atoms with van der Waals surface area (Å²) >= 11 is 0. The lowest BCUT2D eigenvalue weighted by Gasteiger charge is -2.26. The van der Waals surface area contributed by atoms with Crippen molar-refractivity contribution in [1.82, 2.24) is 4.98 Å². The average molecular weight is 249 g/mol. The standard InChI is InChI=1S/C18H19N/c1-14-6-2-3-10-18(14)16-8-4-7-15(12-16)17-9-5-11-19-13-17/h2-7,9-11,13,15-16H,8,12H2,1H3. The zero-order valence-corrected chi connectivity index (χ0v) is 11.3. The molecule has 0 bridgehead atoms. The predicted octanol–water partition coefficient (Wildman–Crippen LogP) is 4.61. The van der Waals surface area contributed by atoms with Crippen LogP contribution in [0.3, 0.4) is 0 Å². The van der Waals surface area contributed by atoms with Gasteiger partial charge in [0.05, 0.1) is 0 Å². The molecule has 1 heteroatoms. The van der Waals surface area contributed by atoms with Crippen LogP contribution in [0.25, 0.3) is 0 Å². The summed E-state index contributed by atoms with van der Waals surface area (Å²) < 4.78 is 0. The predicted molar refractivity (Wildman–Crippen MR) is 79.3 cm³/mol. The van der Waals surface area contributed by atoms with Crippen LogP contribution in [0.15, 0.2) is 60.9 Å². The third-order valence-electron chi connectivity index (χ3n) is 4.07. The van der Waals surface area contributed by atoms with Gasteiger partial charge in [0.25, 0.3) is 0 Å². The van der Waals surface area contributed by atoms with Crippen LogP contribution in [0, 0.1) is 6.92 Å². The van der Waals surface area contributed by atoms with Crippen molar-refractivity contribution in [2.75, 3.05) is 0 Å². The summed E-state index contributed by atoms with van der Waals surface area (Å²) in [6, 6.07) is 13.0. The first-order valence-electron chi connectivity index (χ1n) is 6.96. The zero-order chi connectivity index (χ0) is 13.1. The number of aromatic nitrogens is 1. The summed E-state index contributed by atoms with van der Waals surface area (Å²) in [5.74, 6) is 1.14. The minimum absolute atomic E-state index is 0.507. The second-order valence-corrected chi connectivity index (χ2v) is 5.35. The van der Waals surface area contributed by atoms with Gasteiger partial charge in [-0.25, -0.2) is 0 Å². The maximum absolute atomic E-state index is 4.24. The van der Waals surface area contributed by atoms with Gasteiger partial charge in [-0.05, 0) is 48.4 Å². The van der Waals surface area contributed by atoms with Gasteiger partial charge in [-0.1, -0.05) is 42.5 Å². The lowest BCUT2D eigenvalue weighted by Crippen LogP contribution is -2.10. The zero-order valence-electron chi connectivity index (χ0n) is 11.3. The van der Waals surface area contributed by atoms with E-state index in [-0.39, 0.29) is 0 Å². The highest BCUT2D eigenvalue weighted by atomic mass is 14.6. The second kappa shape index (κ2) is 5.40. The molecule has 0 fully saturated rings. The molecular weight excluding hydrogens is 230 g/mol. The number of aryl methyl sites for hydroxylation is 1. The molecule has 0 saturated carbocycles. The minimum atomic E-state index is 0.507. The van der Waals surface area contributed by atoms with Gasteiger partial charge in [-0.3, -0.25) is 4.98 Å². The molecule has 0 amide bonds. The summed E-state index contributed by atoms with van der Waals surface area (Å²) in [4.78, 5) is 4.24. The summed E-state index contributed by atoms with van der Waals surface area (Å²) in [7, 11) is 0. The number of nitrogens with zero attached hydrogens (tertiary/aromatic N) is 1. The van der Waals surface area contributed by atoms with Crippen molar-refractivity contribution in [3.05, 3.63) is 77.6 Å². The molecule has 96 valence electrons. The van der Waals surface area contributed by atoms with Gasteiger partial charge in [0.15, 0.2) is 0 Å². The van der Waals surface area contributed by atoms with E-state index in [1.807, 2.05) is 18.5 Å². The first-order chi connectivity index (χ1) is 9.34. The Hall–Kier alpha value is -1.89. The van der Waals surface area contributed by atoms with Crippen molar-refractivity contribution in [3.63, 3.8) is 0 Å². The average Bonchev–Trinajstić information content (AvgIpc) is 2.49. The number of pyridine rings is 1. The first kappa shape index (κ1) is 12.2. The lowest BCUT2D eigenvalue weighted by atomic mass is 9.78. The van der Waals surface area contributed by atoms with E-state index >= 15 is 0 Å². The van der Waals surface area contributed by atoms with Gasteiger partial charge in [0.1, 0.15) is 0 Å². The van der Waals surface area contributed by atoms with E-state index in [0.29, 0.717) is 11.8 Å². The topological polar surface area (TPSA) is 12.9 Å². The highest BCUT2D eigenvalue weighted by molar-refractivity contribution is 5.33. The van der Waals surface area contributed by atoms with Crippen LogP contribution in [0.4, 0.5) is 0 Å². The quantitative estimate of drug-likeness (QED) is 0.708. The fourth-order valence-electron chi connectivity index (χ4n) is 3.03. The molecular formula is C18H19N. The Kier molecular flexibility index (Phi) is 3.45. The Balaban J connectivity index is 1.85. The maximum atomic E-state index is 4.24. The molecule has 1 aliphatic carbocycles. The van der Waals surface area contributed by atoms with Crippen LogP contribution < -0.4 is 0 Å². The largest absolute Gasteiger partial charge is 0.264 e. The van der Waals surface area contributed by atoms with Gasteiger partial charge in [-0.15, -0.1) is 0 Å². The molecule has 0 spiro atoms. The van der Waals surface area contributed by atoms with Crippen molar-refractivity contribution in [2.24, 2.45) is 0 Å². The van der Waals surface area contributed by atoms with Gasteiger partial charge < -0.3 is 0 Å². The third-order valence-corrected chi connectivity index (χ3v) is 4.07. The fourth-order valence-corrected chi connectivity index (χ4v) is 3.03. The van der Waals surface area contributed by atoms with E-state index in [0.717, 1.165) is 6.42 Å². The SMILES string of the molecule is Cc1ccccc1C1CC=CC(c2cccnc2)C1. The number of hydrogen-bond acceptors (Lipinski definition) is 1. The smallest absolute Gasteiger partial charge is 0.0305 e. The molecule has 1 aromatic carbocycles. The van der Waals surface area contributed by atoms with Crippen LogP contribution in [0.2, 0.25) is 0 Å². The molecule has 3 rings (SSSR count). The molecule has 1 nitrogen and oxygen atoms in total. The van der Waals surface area contributed by atoms with Crippen LogP contribution in [-0.2, 0) is 0 Å². The van der Waals surface area contributed by atoms with Crippen molar-refractivity contribution in [3.8, 4) is 0 Å². The van der Waals surface area contributed by atoms with Crippen molar-refractivity contribution in [2.45, 2.75) is 31.6 Å². The van der Waals surface area contributed by atoms with Crippen molar-refractivity contribution in [1.29, 1.82) is 0 Å². The monoisotopic (exact) mass is 249 g/mol. The summed E-state index contributed by atoms with van der Waals surface area (Å²) in [6.45, 7) is 2.22. The molecule has 2 unspecified atom stereocenters. The third kappa shape index (κ3) is 2.60. The lowest BCUT2D eigenvalue weighted by molar-refractivity contribution is 0.563. The Morgan fingerprint density at radius 3 is 2.79 bits per heavy atom. The summed E-state index contributed by atoms with van der Waals surface area (Å²) in [5.41, 5.74) is 4.24. The molecule has 1 heterocycles.